The maximum Gasteiger partial charge on any atom is 0.334 e. The van der Waals surface area contributed by atoms with Crippen molar-refractivity contribution >= 4 is 17.7 Å². The molecule has 0 saturated carbocycles. The van der Waals surface area contributed by atoms with E-state index in [2.05, 4.69) is 6.92 Å². The predicted octanol–water partition coefficient (Wildman–Crippen LogP) is 4.03. The van der Waals surface area contributed by atoms with E-state index in [9.17, 15) is 4.79 Å². The summed E-state index contributed by atoms with van der Waals surface area (Å²) in [7, 11) is 1.43. The number of rotatable bonds is 6. The van der Waals surface area contributed by atoms with Crippen LogP contribution in [0, 0.1) is 0 Å². The smallest absolute Gasteiger partial charge is 0.334 e. The van der Waals surface area contributed by atoms with E-state index < -0.39 is 0 Å². The number of benzene rings is 1. The Kier molecular flexibility index (Phi) is 6.48. The van der Waals surface area contributed by atoms with Crippen LogP contribution in [0.2, 0.25) is 0 Å². The molecular formula is C14H18O2S. The van der Waals surface area contributed by atoms with Gasteiger partial charge in [-0.2, -0.15) is 0 Å². The Morgan fingerprint density at radius 2 is 2.06 bits per heavy atom. The molecule has 0 aliphatic rings. The molecule has 17 heavy (non-hydrogen) atoms. The number of ether oxygens (including phenoxy) is 1. The zero-order chi connectivity index (χ0) is 12.5. The van der Waals surface area contributed by atoms with Crippen molar-refractivity contribution in [1.29, 1.82) is 0 Å². The van der Waals surface area contributed by atoms with E-state index in [0.29, 0.717) is 0 Å². The number of methoxy groups -OCH3 is 1. The average Bonchev–Trinajstić information content (AvgIpc) is 2.39. The van der Waals surface area contributed by atoms with Crippen LogP contribution in [0.15, 0.2) is 46.2 Å². The van der Waals surface area contributed by atoms with Crippen molar-refractivity contribution in [2.24, 2.45) is 0 Å². The van der Waals surface area contributed by atoms with Crippen molar-refractivity contribution < 1.29 is 9.53 Å². The number of thioether (sulfide) groups is 1. The predicted molar refractivity (Wildman–Crippen MR) is 71.9 cm³/mol. The van der Waals surface area contributed by atoms with Gasteiger partial charge in [0.25, 0.3) is 0 Å². The third-order valence-corrected chi connectivity index (χ3v) is 3.27. The Morgan fingerprint density at radius 3 is 2.65 bits per heavy atom. The van der Waals surface area contributed by atoms with E-state index >= 15 is 0 Å². The number of hydrogen-bond donors (Lipinski definition) is 0. The number of carbonyl (C=O) groups is 1. The van der Waals surface area contributed by atoms with E-state index in [0.717, 1.165) is 29.7 Å². The van der Waals surface area contributed by atoms with Crippen molar-refractivity contribution in [2.75, 3.05) is 7.11 Å². The Bertz CT molecular complexity index is 371. The molecule has 0 unspecified atom stereocenters. The van der Waals surface area contributed by atoms with E-state index in [1.807, 2.05) is 35.7 Å². The summed E-state index contributed by atoms with van der Waals surface area (Å²) in [5.74, 6) is -0.220. The van der Waals surface area contributed by atoms with Gasteiger partial charge in [0.1, 0.15) is 0 Å². The lowest BCUT2D eigenvalue weighted by atomic mass is 10.1. The minimum Gasteiger partial charge on any atom is -0.466 e. The largest absolute Gasteiger partial charge is 0.466 e. The van der Waals surface area contributed by atoms with Crippen LogP contribution in [0.1, 0.15) is 26.2 Å². The molecule has 3 heteroatoms. The van der Waals surface area contributed by atoms with Crippen molar-refractivity contribution in [2.45, 2.75) is 31.1 Å². The summed E-state index contributed by atoms with van der Waals surface area (Å²) in [5, 5.41) is 1.90. The lowest BCUT2D eigenvalue weighted by Crippen LogP contribution is -2.04. The van der Waals surface area contributed by atoms with Crippen LogP contribution >= 0.6 is 11.8 Å². The Hall–Kier alpha value is -1.22. The van der Waals surface area contributed by atoms with Crippen molar-refractivity contribution in [1.82, 2.24) is 0 Å². The quantitative estimate of drug-likeness (QED) is 0.433. The Balaban J connectivity index is 2.65. The highest BCUT2D eigenvalue weighted by Crippen LogP contribution is 2.22. The molecule has 92 valence electrons. The minimum absolute atomic E-state index is 0.220. The van der Waals surface area contributed by atoms with Crippen LogP contribution in [0.25, 0.3) is 0 Å². The second-order valence-corrected chi connectivity index (χ2v) is 4.61. The second-order valence-electron chi connectivity index (χ2n) is 3.67. The van der Waals surface area contributed by atoms with Gasteiger partial charge >= 0.3 is 5.97 Å². The first kappa shape index (κ1) is 13.8. The van der Waals surface area contributed by atoms with Gasteiger partial charge in [0.2, 0.25) is 0 Å². The first-order valence-electron chi connectivity index (χ1n) is 5.77. The molecule has 0 atom stereocenters. The summed E-state index contributed by atoms with van der Waals surface area (Å²) >= 11 is 1.56. The highest BCUT2D eigenvalue weighted by Gasteiger charge is 2.08. The number of unbranched alkanes of at least 4 members (excludes halogenated alkanes) is 1. The Morgan fingerprint density at radius 1 is 1.35 bits per heavy atom. The van der Waals surface area contributed by atoms with Crippen LogP contribution in [0.4, 0.5) is 0 Å². The van der Waals surface area contributed by atoms with Gasteiger partial charge in [-0.25, -0.2) is 4.79 Å². The van der Waals surface area contributed by atoms with Gasteiger partial charge in [0, 0.05) is 10.5 Å². The Labute approximate surface area is 107 Å². The number of hydrogen-bond acceptors (Lipinski definition) is 3. The minimum atomic E-state index is -0.220. The standard InChI is InChI=1S/C14H18O2S/c1-3-4-8-12(14(15)16-2)11-17-13-9-6-5-7-10-13/h5-7,9-11H,3-4,8H2,1-2H3/b12-11+. The molecule has 0 aliphatic carbocycles. The van der Waals surface area contributed by atoms with Gasteiger partial charge in [0.15, 0.2) is 0 Å². The molecule has 0 fully saturated rings. The SMILES string of the molecule is CCCC/C(=C\Sc1ccccc1)C(=O)OC. The summed E-state index contributed by atoms with van der Waals surface area (Å²) in [4.78, 5) is 12.7. The summed E-state index contributed by atoms with van der Waals surface area (Å²) in [5.41, 5.74) is 0.753. The molecule has 1 aromatic rings. The van der Waals surface area contributed by atoms with Crippen LogP contribution in [-0.4, -0.2) is 13.1 Å². The summed E-state index contributed by atoms with van der Waals surface area (Å²) in [6.07, 6.45) is 2.86. The molecule has 1 aromatic carbocycles. The fourth-order valence-corrected chi connectivity index (χ4v) is 2.15. The first-order chi connectivity index (χ1) is 8.27. The molecule has 0 bridgehead atoms. The molecule has 0 spiro atoms. The van der Waals surface area contributed by atoms with E-state index in [1.54, 1.807) is 11.8 Å². The van der Waals surface area contributed by atoms with E-state index in [1.165, 1.54) is 7.11 Å². The van der Waals surface area contributed by atoms with Crippen LogP contribution in [0.3, 0.4) is 0 Å². The lowest BCUT2D eigenvalue weighted by Gasteiger charge is -2.04. The third-order valence-electron chi connectivity index (χ3n) is 2.33. The van der Waals surface area contributed by atoms with E-state index in [-0.39, 0.29) is 5.97 Å². The lowest BCUT2D eigenvalue weighted by molar-refractivity contribution is -0.136. The second kappa shape index (κ2) is 7.96. The van der Waals surface area contributed by atoms with Crippen molar-refractivity contribution in [3.05, 3.63) is 41.3 Å². The molecule has 0 radical (unpaired) electrons. The molecule has 0 aliphatic heterocycles. The molecule has 2 nitrogen and oxygen atoms in total. The van der Waals surface area contributed by atoms with Gasteiger partial charge in [-0.3, -0.25) is 0 Å². The molecule has 0 saturated heterocycles. The van der Waals surface area contributed by atoms with Gasteiger partial charge in [-0.05, 0) is 30.4 Å². The fraction of sp³-hybridized carbons (Fsp3) is 0.357. The van der Waals surface area contributed by atoms with Gasteiger partial charge in [-0.1, -0.05) is 43.3 Å². The van der Waals surface area contributed by atoms with Crippen molar-refractivity contribution in [3.63, 3.8) is 0 Å². The molecule has 0 amide bonds. The first-order valence-corrected chi connectivity index (χ1v) is 6.65. The molecular weight excluding hydrogens is 232 g/mol. The average molecular weight is 250 g/mol. The van der Waals surface area contributed by atoms with E-state index in [4.69, 9.17) is 4.74 Å². The maximum absolute atomic E-state index is 11.5. The van der Waals surface area contributed by atoms with Gasteiger partial charge in [0.05, 0.1) is 7.11 Å². The fourth-order valence-electron chi connectivity index (χ4n) is 1.35. The molecule has 0 aromatic heterocycles. The maximum atomic E-state index is 11.5. The normalized spacial score (nSPS) is 11.3. The third kappa shape index (κ3) is 5.09. The highest BCUT2D eigenvalue weighted by atomic mass is 32.2. The molecule has 1 rings (SSSR count). The number of esters is 1. The topological polar surface area (TPSA) is 26.3 Å². The van der Waals surface area contributed by atoms with Gasteiger partial charge in [-0.15, -0.1) is 0 Å². The van der Waals surface area contributed by atoms with Gasteiger partial charge < -0.3 is 4.74 Å². The number of carbonyl (C=O) groups excluding carboxylic acids is 1. The zero-order valence-corrected chi connectivity index (χ0v) is 11.1. The van der Waals surface area contributed by atoms with Crippen LogP contribution in [0.5, 0.6) is 0 Å². The van der Waals surface area contributed by atoms with Crippen LogP contribution < -0.4 is 0 Å². The summed E-state index contributed by atoms with van der Waals surface area (Å²) in [6, 6.07) is 10.00. The monoisotopic (exact) mass is 250 g/mol. The van der Waals surface area contributed by atoms with Crippen LogP contribution in [-0.2, 0) is 9.53 Å². The van der Waals surface area contributed by atoms with Crippen molar-refractivity contribution in [3.8, 4) is 0 Å². The summed E-state index contributed by atoms with van der Waals surface area (Å²) < 4.78 is 4.78. The summed E-state index contributed by atoms with van der Waals surface area (Å²) in [6.45, 7) is 2.11. The molecule has 0 heterocycles. The zero-order valence-electron chi connectivity index (χ0n) is 10.3. The highest BCUT2D eigenvalue weighted by molar-refractivity contribution is 8.02. The molecule has 0 N–H and O–H groups in total.